The molecule has 0 bridgehead atoms. The largest absolute Gasteiger partial charge is 0.350 e. The van der Waals surface area contributed by atoms with Crippen molar-refractivity contribution in [2.75, 3.05) is 11.4 Å². The second-order valence-electron chi connectivity index (χ2n) is 7.03. The molecule has 2 aromatic rings. The van der Waals surface area contributed by atoms with Gasteiger partial charge in [0.1, 0.15) is 5.65 Å². The second-order valence-corrected chi connectivity index (χ2v) is 7.03. The van der Waals surface area contributed by atoms with Gasteiger partial charge < -0.3 is 14.6 Å². The Morgan fingerprint density at radius 3 is 2.90 bits per heavy atom. The van der Waals surface area contributed by atoms with Crippen LogP contribution in [0.5, 0.6) is 0 Å². The fourth-order valence-corrected chi connectivity index (χ4v) is 3.44. The van der Waals surface area contributed by atoms with Crippen molar-refractivity contribution in [1.82, 2.24) is 14.7 Å². The van der Waals surface area contributed by atoms with Gasteiger partial charge in [0.2, 0.25) is 0 Å². The average Bonchev–Trinajstić information content (AvgIpc) is 3.12. The summed E-state index contributed by atoms with van der Waals surface area (Å²) in [5.41, 5.74) is 2.59. The molecule has 0 unspecified atom stereocenters. The number of fused-ring (bicyclic) bond motifs is 1. The number of nitrogens with one attached hydrogen (secondary N) is 1. The first-order valence-corrected chi connectivity index (χ1v) is 8.12. The molecule has 0 atom stereocenters. The second kappa shape index (κ2) is 4.73. The maximum Gasteiger partial charge on any atom is 0.152 e. The molecular formula is C17H24N4. The molecule has 112 valence electrons. The normalized spacial score (nSPS) is 21.3. The summed E-state index contributed by atoms with van der Waals surface area (Å²) < 4.78 is 2.25. The van der Waals surface area contributed by atoms with Crippen molar-refractivity contribution >= 4 is 11.5 Å². The summed E-state index contributed by atoms with van der Waals surface area (Å²) in [7, 11) is 0. The van der Waals surface area contributed by atoms with E-state index in [1.54, 1.807) is 0 Å². The zero-order valence-corrected chi connectivity index (χ0v) is 13.0. The average molecular weight is 284 g/mol. The standard InChI is InChI=1S/C17H24N4/c1-17(2)9-5-11-21(17)16-14(12-18-13-7-8-13)20-10-4-3-6-15(20)19-16/h3-4,6,10,13,18H,5,7-9,11-12H2,1-2H3. The van der Waals surface area contributed by atoms with E-state index < -0.39 is 0 Å². The van der Waals surface area contributed by atoms with Crippen molar-refractivity contribution in [2.45, 2.75) is 57.7 Å². The summed E-state index contributed by atoms with van der Waals surface area (Å²) >= 11 is 0. The van der Waals surface area contributed by atoms with E-state index in [0.29, 0.717) is 0 Å². The van der Waals surface area contributed by atoms with E-state index in [4.69, 9.17) is 4.98 Å². The highest BCUT2D eigenvalue weighted by Gasteiger charge is 2.35. The van der Waals surface area contributed by atoms with Gasteiger partial charge in [-0.2, -0.15) is 0 Å². The van der Waals surface area contributed by atoms with Gasteiger partial charge in [0.15, 0.2) is 5.82 Å². The molecule has 0 aromatic carbocycles. The monoisotopic (exact) mass is 284 g/mol. The Labute approximate surface area is 126 Å². The first kappa shape index (κ1) is 13.1. The number of imidazole rings is 1. The van der Waals surface area contributed by atoms with Crippen LogP contribution in [0.15, 0.2) is 24.4 Å². The lowest BCUT2D eigenvalue weighted by Crippen LogP contribution is -2.39. The van der Waals surface area contributed by atoms with Crippen LogP contribution in [0.3, 0.4) is 0 Å². The fourth-order valence-electron chi connectivity index (χ4n) is 3.44. The minimum atomic E-state index is 0.215. The molecule has 1 aliphatic carbocycles. The molecule has 0 radical (unpaired) electrons. The highest BCUT2D eigenvalue weighted by atomic mass is 15.3. The molecule has 1 N–H and O–H groups in total. The van der Waals surface area contributed by atoms with Crippen LogP contribution in [0.4, 0.5) is 5.82 Å². The van der Waals surface area contributed by atoms with Gasteiger partial charge >= 0.3 is 0 Å². The zero-order valence-electron chi connectivity index (χ0n) is 13.0. The van der Waals surface area contributed by atoms with Crippen LogP contribution in [0.1, 0.15) is 45.2 Å². The number of pyridine rings is 1. The van der Waals surface area contributed by atoms with Gasteiger partial charge in [-0.1, -0.05) is 6.07 Å². The lowest BCUT2D eigenvalue weighted by Gasteiger charge is -2.32. The molecule has 1 saturated carbocycles. The maximum absolute atomic E-state index is 4.94. The van der Waals surface area contributed by atoms with Gasteiger partial charge in [0.05, 0.1) is 5.69 Å². The summed E-state index contributed by atoms with van der Waals surface area (Å²) in [5, 5.41) is 3.65. The van der Waals surface area contributed by atoms with E-state index >= 15 is 0 Å². The molecule has 1 saturated heterocycles. The third-order valence-electron chi connectivity index (χ3n) is 4.90. The third kappa shape index (κ3) is 2.31. The maximum atomic E-state index is 4.94. The predicted octanol–water partition coefficient (Wildman–Crippen LogP) is 2.97. The number of hydrogen-bond donors (Lipinski definition) is 1. The molecule has 4 heteroatoms. The summed E-state index contributed by atoms with van der Waals surface area (Å²) in [4.78, 5) is 7.44. The van der Waals surface area contributed by atoms with E-state index in [-0.39, 0.29) is 5.54 Å². The van der Waals surface area contributed by atoms with E-state index in [9.17, 15) is 0 Å². The molecule has 3 heterocycles. The van der Waals surface area contributed by atoms with Crippen LogP contribution >= 0.6 is 0 Å². The van der Waals surface area contributed by atoms with Crippen LogP contribution in [0.2, 0.25) is 0 Å². The van der Waals surface area contributed by atoms with Gasteiger partial charge in [0.25, 0.3) is 0 Å². The van der Waals surface area contributed by atoms with Crippen LogP contribution < -0.4 is 10.2 Å². The Morgan fingerprint density at radius 2 is 2.19 bits per heavy atom. The van der Waals surface area contributed by atoms with Crippen LogP contribution in [-0.2, 0) is 6.54 Å². The Kier molecular flexibility index (Phi) is 2.96. The van der Waals surface area contributed by atoms with Crippen molar-refractivity contribution in [3.63, 3.8) is 0 Å². The molecule has 1 aliphatic heterocycles. The highest BCUT2D eigenvalue weighted by molar-refractivity contribution is 5.57. The number of nitrogens with zero attached hydrogens (tertiary/aromatic N) is 3. The van der Waals surface area contributed by atoms with Gasteiger partial charge in [-0.15, -0.1) is 0 Å². The quantitative estimate of drug-likeness (QED) is 0.937. The first-order chi connectivity index (χ1) is 10.1. The zero-order chi connectivity index (χ0) is 14.4. The number of aromatic nitrogens is 2. The minimum Gasteiger partial charge on any atom is -0.350 e. The molecule has 2 aromatic heterocycles. The highest BCUT2D eigenvalue weighted by Crippen LogP contribution is 2.35. The Bertz CT molecular complexity index is 654. The Hall–Kier alpha value is -1.55. The molecule has 0 spiro atoms. The van der Waals surface area contributed by atoms with Crippen molar-refractivity contribution in [3.8, 4) is 0 Å². The molecule has 4 nitrogen and oxygen atoms in total. The molecule has 4 rings (SSSR count). The van der Waals surface area contributed by atoms with Gasteiger partial charge in [-0.3, -0.25) is 0 Å². The first-order valence-electron chi connectivity index (χ1n) is 8.12. The summed E-state index contributed by atoms with van der Waals surface area (Å²) in [6.07, 6.45) is 7.29. The Morgan fingerprint density at radius 1 is 1.33 bits per heavy atom. The number of hydrogen-bond acceptors (Lipinski definition) is 3. The fraction of sp³-hybridized carbons (Fsp3) is 0.588. The summed E-state index contributed by atoms with van der Waals surface area (Å²) in [5.74, 6) is 1.18. The van der Waals surface area contributed by atoms with Crippen molar-refractivity contribution in [3.05, 3.63) is 30.1 Å². The lowest BCUT2D eigenvalue weighted by molar-refractivity contribution is 0.512. The van der Waals surface area contributed by atoms with E-state index in [0.717, 1.165) is 24.8 Å². The number of anilines is 1. The van der Waals surface area contributed by atoms with Gasteiger partial charge in [-0.25, -0.2) is 4.98 Å². The third-order valence-corrected chi connectivity index (χ3v) is 4.90. The molecule has 21 heavy (non-hydrogen) atoms. The van der Waals surface area contributed by atoms with Gasteiger partial charge in [0, 0.05) is 30.9 Å². The molecule has 0 amide bonds. The topological polar surface area (TPSA) is 32.6 Å². The lowest BCUT2D eigenvalue weighted by atomic mass is 10.0. The summed E-state index contributed by atoms with van der Waals surface area (Å²) in [6.45, 7) is 6.70. The minimum absolute atomic E-state index is 0.215. The van der Waals surface area contributed by atoms with E-state index in [2.05, 4.69) is 52.9 Å². The van der Waals surface area contributed by atoms with Gasteiger partial charge in [-0.05, 0) is 51.7 Å². The van der Waals surface area contributed by atoms with Crippen molar-refractivity contribution in [2.24, 2.45) is 0 Å². The van der Waals surface area contributed by atoms with E-state index in [1.807, 2.05) is 0 Å². The van der Waals surface area contributed by atoms with Crippen LogP contribution in [0, 0.1) is 0 Å². The molecular weight excluding hydrogens is 260 g/mol. The van der Waals surface area contributed by atoms with Crippen molar-refractivity contribution < 1.29 is 0 Å². The smallest absolute Gasteiger partial charge is 0.152 e. The SMILES string of the molecule is CC1(C)CCCN1c1nc2ccccn2c1CNC1CC1. The molecule has 2 aliphatic rings. The number of rotatable bonds is 4. The van der Waals surface area contributed by atoms with Crippen molar-refractivity contribution in [1.29, 1.82) is 0 Å². The van der Waals surface area contributed by atoms with Crippen LogP contribution in [0.25, 0.3) is 5.65 Å². The summed E-state index contributed by atoms with van der Waals surface area (Å²) in [6, 6.07) is 6.99. The Balaban J connectivity index is 1.76. The van der Waals surface area contributed by atoms with Crippen LogP contribution in [-0.4, -0.2) is 27.5 Å². The predicted molar refractivity (Wildman–Crippen MR) is 85.7 cm³/mol. The molecule has 2 fully saturated rings. The van der Waals surface area contributed by atoms with E-state index in [1.165, 1.54) is 37.2 Å².